The lowest BCUT2D eigenvalue weighted by Crippen LogP contribution is -2.41. The lowest BCUT2D eigenvalue weighted by Gasteiger charge is -2.21. The first-order valence-corrected chi connectivity index (χ1v) is 7.11. The molecule has 21 heavy (non-hydrogen) atoms. The van der Waals surface area contributed by atoms with E-state index < -0.39 is 11.8 Å². The fourth-order valence-corrected chi connectivity index (χ4v) is 2.00. The summed E-state index contributed by atoms with van der Waals surface area (Å²) in [5.74, 6) is -1.57. The number of hydrogen-bond acceptors (Lipinski definition) is 3. The van der Waals surface area contributed by atoms with Crippen LogP contribution in [0.4, 0.5) is 5.69 Å². The summed E-state index contributed by atoms with van der Waals surface area (Å²) in [5.41, 5.74) is 1.63. The summed E-state index contributed by atoms with van der Waals surface area (Å²) in [7, 11) is 0. The predicted molar refractivity (Wildman–Crippen MR) is 81.5 cm³/mol. The Bertz CT molecular complexity index is 549. The Kier molecular flexibility index (Phi) is 6.41. The molecule has 0 aliphatic heterocycles. The molecule has 1 N–H and O–H groups in total. The summed E-state index contributed by atoms with van der Waals surface area (Å²) >= 11 is 0. The van der Waals surface area contributed by atoms with Gasteiger partial charge in [-0.3, -0.25) is 9.59 Å². The fraction of sp³-hybridized carbons (Fsp3) is 0.438. The molecule has 0 fully saturated rings. The van der Waals surface area contributed by atoms with E-state index in [0.717, 1.165) is 12.0 Å². The van der Waals surface area contributed by atoms with Crippen molar-refractivity contribution in [2.24, 2.45) is 5.92 Å². The van der Waals surface area contributed by atoms with Gasteiger partial charge in [-0.05, 0) is 31.9 Å². The van der Waals surface area contributed by atoms with Gasteiger partial charge in [-0.25, -0.2) is 0 Å². The molecule has 0 spiro atoms. The lowest BCUT2D eigenvalue weighted by molar-refractivity contribution is -0.143. The Balaban J connectivity index is 2.78. The highest BCUT2D eigenvalue weighted by Crippen LogP contribution is 2.15. The Labute approximate surface area is 125 Å². The van der Waals surface area contributed by atoms with Crippen molar-refractivity contribution in [3.63, 3.8) is 0 Å². The van der Waals surface area contributed by atoms with E-state index in [0.29, 0.717) is 12.2 Å². The summed E-state index contributed by atoms with van der Waals surface area (Å²) in [6.07, 6.45) is 0.771. The van der Waals surface area contributed by atoms with Crippen molar-refractivity contribution in [3.8, 4) is 6.07 Å². The number of aryl methyl sites for hydroxylation is 1. The van der Waals surface area contributed by atoms with Crippen LogP contribution in [0.3, 0.4) is 0 Å². The number of likely N-dealkylation sites (N-methyl/N-ethyl adjacent to an activating group) is 1. The predicted octanol–water partition coefficient (Wildman–Crippen LogP) is 2.20. The second kappa shape index (κ2) is 8.05. The molecule has 0 aliphatic rings. The number of carbonyl (C=O) groups is 2. The Morgan fingerprint density at radius 2 is 2.00 bits per heavy atom. The summed E-state index contributed by atoms with van der Waals surface area (Å²) in [4.78, 5) is 25.6. The van der Waals surface area contributed by atoms with Crippen LogP contribution in [0, 0.1) is 17.2 Å². The molecule has 0 saturated carbocycles. The van der Waals surface area contributed by atoms with Gasteiger partial charge in [0.15, 0.2) is 0 Å². The average molecular weight is 287 g/mol. The van der Waals surface area contributed by atoms with Crippen LogP contribution in [0.1, 0.15) is 26.3 Å². The number of hydrogen-bond donors (Lipinski definition) is 1. The SMILES string of the molecule is CCc1ccccc1NC(=O)C(=O)N(CC)CC(C)C#N. The highest BCUT2D eigenvalue weighted by atomic mass is 16.2. The molecule has 1 aromatic carbocycles. The summed E-state index contributed by atoms with van der Waals surface area (Å²) < 4.78 is 0. The van der Waals surface area contributed by atoms with Crippen molar-refractivity contribution in [1.82, 2.24) is 4.90 Å². The molecule has 1 atom stereocenters. The molecule has 0 bridgehead atoms. The summed E-state index contributed by atoms with van der Waals surface area (Å²) in [6, 6.07) is 9.46. The summed E-state index contributed by atoms with van der Waals surface area (Å²) in [6.45, 7) is 6.15. The van der Waals surface area contributed by atoms with E-state index in [1.54, 1.807) is 19.9 Å². The van der Waals surface area contributed by atoms with E-state index in [2.05, 4.69) is 11.4 Å². The molecule has 5 heteroatoms. The van der Waals surface area contributed by atoms with Gasteiger partial charge >= 0.3 is 11.8 Å². The standard InChI is InChI=1S/C16H21N3O2/c1-4-13-8-6-7-9-14(13)18-15(20)16(21)19(5-2)11-12(3)10-17/h6-9,12H,4-5,11H2,1-3H3,(H,18,20). The Morgan fingerprint density at radius 1 is 1.33 bits per heavy atom. The molecule has 0 aromatic heterocycles. The monoisotopic (exact) mass is 287 g/mol. The van der Waals surface area contributed by atoms with Gasteiger partial charge in [0.2, 0.25) is 0 Å². The molecule has 112 valence electrons. The molecule has 2 amide bonds. The third-order valence-electron chi connectivity index (χ3n) is 3.22. The minimum atomic E-state index is -0.664. The molecular formula is C16H21N3O2. The van der Waals surface area contributed by atoms with Crippen LogP contribution in [0.15, 0.2) is 24.3 Å². The molecule has 0 aliphatic carbocycles. The van der Waals surface area contributed by atoms with Crippen LogP contribution in [0.5, 0.6) is 0 Å². The topological polar surface area (TPSA) is 73.2 Å². The van der Waals surface area contributed by atoms with Gasteiger partial charge in [0, 0.05) is 18.8 Å². The van der Waals surface area contributed by atoms with Gasteiger partial charge in [0.25, 0.3) is 0 Å². The number of rotatable bonds is 5. The van der Waals surface area contributed by atoms with Crippen LogP contribution in [-0.4, -0.2) is 29.8 Å². The zero-order valence-corrected chi connectivity index (χ0v) is 12.7. The smallest absolute Gasteiger partial charge is 0.313 e. The van der Waals surface area contributed by atoms with Gasteiger partial charge in [-0.1, -0.05) is 25.1 Å². The number of benzene rings is 1. The van der Waals surface area contributed by atoms with Crippen LogP contribution in [-0.2, 0) is 16.0 Å². The van der Waals surface area contributed by atoms with Gasteiger partial charge < -0.3 is 10.2 Å². The maximum Gasteiger partial charge on any atom is 0.313 e. The molecule has 1 aromatic rings. The van der Waals surface area contributed by atoms with Crippen molar-refractivity contribution in [2.75, 3.05) is 18.4 Å². The van der Waals surface area contributed by atoms with Crippen LogP contribution >= 0.6 is 0 Å². The Hall–Kier alpha value is -2.35. The van der Waals surface area contributed by atoms with Gasteiger partial charge in [0.1, 0.15) is 0 Å². The molecule has 5 nitrogen and oxygen atoms in total. The normalized spacial score (nSPS) is 11.3. The number of para-hydroxylation sites is 1. The van der Waals surface area contributed by atoms with Gasteiger partial charge in [-0.2, -0.15) is 5.26 Å². The minimum Gasteiger partial charge on any atom is -0.333 e. The number of nitriles is 1. The van der Waals surface area contributed by atoms with E-state index >= 15 is 0 Å². The minimum absolute atomic E-state index is 0.259. The first-order valence-electron chi connectivity index (χ1n) is 7.11. The fourth-order valence-electron chi connectivity index (χ4n) is 2.00. The number of nitrogens with zero attached hydrogens (tertiary/aromatic N) is 2. The van der Waals surface area contributed by atoms with Crippen LogP contribution < -0.4 is 5.32 Å². The zero-order chi connectivity index (χ0) is 15.8. The first-order chi connectivity index (χ1) is 10.0. The number of nitrogens with one attached hydrogen (secondary N) is 1. The first kappa shape index (κ1) is 16.7. The van der Waals surface area contributed by atoms with E-state index in [-0.39, 0.29) is 12.5 Å². The van der Waals surface area contributed by atoms with Crippen LogP contribution in [0.2, 0.25) is 0 Å². The maximum absolute atomic E-state index is 12.1. The van der Waals surface area contributed by atoms with Crippen molar-refractivity contribution in [2.45, 2.75) is 27.2 Å². The number of carbonyl (C=O) groups excluding carboxylic acids is 2. The van der Waals surface area contributed by atoms with Crippen molar-refractivity contribution in [3.05, 3.63) is 29.8 Å². The molecular weight excluding hydrogens is 266 g/mol. The molecule has 1 unspecified atom stereocenters. The number of amides is 2. The van der Waals surface area contributed by atoms with Gasteiger partial charge in [-0.15, -0.1) is 0 Å². The molecule has 0 heterocycles. The third-order valence-corrected chi connectivity index (χ3v) is 3.22. The zero-order valence-electron chi connectivity index (χ0n) is 12.7. The van der Waals surface area contributed by atoms with E-state index in [9.17, 15) is 9.59 Å². The molecule has 1 rings (SSSR count). The summed E-state index contributed by atoms with van der Waals surface area (Å²) in [5, 5.41) is 11.5. The highest BCUT2D eigenvalue weighted by Gasteiger charge is 2.22. The average Bonchev–Trinajstić information content (AvgIpc) is 2.51. The Morgan fingerprint density at radius 3 is 2.57 bits per heavy atom. The van der Waals surface area contributed by atoms with Gasteiger partial charge in [0.05, 0.1) is 12.0 Å². The van der Waals surface area contributed by atoms with Crippen molar-refractivity contribution >= 4 is 17.5 Å². The second-order valence-electron chi connectivity index (χ2n) is 4.84. The largest absolute Gasteiger partial charge is 0.333 e. The maximum atomic E-state index is 12.1. The van der Waals surface area contributed by atoms with E-state index in [4.69, 9.17) is 5.26 Å². The van der Waals surface area contributed by atoms with E-state index in [1.807, 2.05) is 25.1 Å². The van der Waals surface area contributed by atoms with Crippen molar-refractivity contribution in [1.29, 1.82) is 5.26 Å². The molecule has 0 radical (unpaired) electrons. The van der Waals surface area contributed by atoms with Crippen LogP contribution in [0.25, 0.3) is 0 Å². The van der Waals surface area contributed by atoms with E-state index in [1.165, 1.54) is 4.90 Å². The highest BCUT2D eigenvalue weighted by molar-refractivity contribution is 6.39. The molecule has 0 saturated heterocycles. The number of anilines is 1. The lowest BCUT2D eigenvalue weighted by atomic mass is 10.1. The third kappa shape index (κ3) is 4.60. The quantitative estimate of drug-likeness (QED) is 0.844. The van der Waals surface area contributed by atoms with Crippen molar-refractivity contribution < 1.29 is 9.59 Å². The second-order valence-corrected chi connectivity index (χ2v) is 4.84.